The monoisotopic (exact) mass is 351 g/mol. The van der Waals surface area contributed by atoms with Crippen LogP contribution in [0.2, 0.25) is 10.3 Å². The van der Waals surface area contributed by atoms with Crippen molar-refractivity contribution >= 4 is 40.7 Å². The molecule has 0 saturated carbocycles. The Balaban J connectivity index is 1.85. The molecule has 2 amide bonds. The number of aromatic nitrogens is 1. The summed E-state index contributed by atoms with van der Waals surface area (Å²) in [7, 11) is 0. The highest BCUT2D eigenvalue weighted by atomic mass is 35.5. The third kappa shape index (κ3) is 5.23. The zero-order valence-corrected chi connectivity index (χ0v) is 13.9. The minimum atomic E-state index is -0.474. The number of anilines is 1. The standard InChI is InChI=1S/C16H15Cl2N3O2/c1-10-4-2-3-5-11(10)9-19-14(22)8-15(23)20-12-6-7-13(17)21-16(12)18/h2-7H,8-9H2,1H3,(H,19,22)(H,20,23). The highest BCUT2D eigenvalue weighted by Gasteiger charge is 2.12. The van der Waals surface area contributed by atoms with E-state index in [0.717, 1.165) is 11.1 Å². The first-order chi connectivity index (χ1) is 11.0. The SMILES string of the molecule is Cc1ccccc1CNC(=O)CC(=O)Nc1ccc(Cl)nc1Cl. The zero-order chi connectivity index (χ0) is 16.8. The van der Waals surface area contributed by atoms with Crippen LogP contribution in [0.1, 0.15) is 17.5 Å². The number of carbonyl (C=O) groups is 2. The summed E-state index contributed by atoms with van der Waals surface area (Å²) in [6.45, 7) is 2.34. The summed E-state index contributed by atoms with van der Waals surface area (Å²) in [6, 6.07) is 10.7. The van der Waals surface area contributed by atoms with Gasteiger partial charge in [-0.3, -0.25) is 9.59 Å². The molecule has 120 valence electrons. The smallest absolute Gasteiger partial charge is 0.233 e. The van der Waals surface area contributed by atoms with Gasteiger partial charge in [0.1, 0.15) is 11.6 Å². The molecular formula is C16H15Cl2N3O2. The van der Waals surface area contributed by atoms with E-state index in [1.807, 2.05) is 31.2 Å². The van der Waals surface area contributed by atoms with E-state index >= 15 is 0 Å². The molecule has 0 bridgehead atoms. The largest absolute Gasteiger partial charge is 0.352 e. The Bertz CT molecular complexity index is 735. The van der Waals surface area contributed by atoms with Crippen LogP contribution in [0.4, 0.5) is 5.69 Å². The second-order valence-corrected chi connectivity index (χ2v) is 5.65. The number of hydrogen-bond acceptors (Lipinski definition) is 3. The molecule has 1 heterocycles. The molecule has 0 fully saturated rings. The summed E-state index contributed by atoms with van der Waals surface area (Å²) < 4.78 is 0. The molecule has 0 saturated heterocycles. The highest BCUT2D eigenvalue weighted by molar-refractivity contribution is 6.34. The van der Waals surface area contributed by atoms with Gasteiger partial charge in [-0.15, -0.1) is 0 Å². The number of hydrogen-bond donors (Lipinski definition) is 2. The minimum absolute atomic E-state index is 0.0752. The van der Waals surface area contributed by atoms with E-state index in [9.17, 15) is 9.59 Å². The topological polar surface area (TPSA) is 71.1 Å². The molecular weight excluding hydrogens is 337 g/mol. The molecule has 1 aromatic carbocycles. The number of nitrogens with zero attached hydrogens (tertiary/aromatic N) is 1. The quantitative estimate of drug-likeness (QED) is 0.640. The zero-order valence-electron chi connectivity index (χ0n) is 12.4. The van der Waals surface area contributed by atoms with E-state index in [4.69, 9.17) is 23.2 Å². The van der Waals surface area contributed by atoms with Crippen molar-refractivity contribution in [3.63, 3.8) is 0 Å². The maximum atomic E-state index is 11.8. The Morgan fingerprint density at radius 3 is 2.52 bits per heavy atom. The van der Waals surface area contributed by atoms with Crippen LogP contribution in [0.25, 0.3) is 0 Å². The molecule has 0 unspecified atom stereocenters. The van der Waals surface area contributed by atoms with Gasteiger partial charge in [0, 0.05) is 6.54 Å². The van der Waals surface area contributed by atoms with Gasteiger partial charge in [-0.25, -0.2) is 4.98 Å². The van der Waals surface area contributed by atoms with Crippen molar-refractivity contribution in [1.29, 1.82) is 0 Å². The molecule has 0 aliphatic heterocycles. The van der Waals surface area contributed by atoms with Crippen LogP contribution in [0.5, 0.6) is 0 Å². The number of pyridine rings is 1. The third-order valence-electron chi connectivity index (χ3n) is 3.15. The lowest BCUT2D eigenvalue weighted by molar-refractivity contribution is -0.126. The first kappa shape index (κ1) is 17.2. The van der Waals surface area contributed by atoms with Crippen molar-refractivity contribution in [2.75, 3.05) is 5.32 Å². The molecule has 2 N–H and O–H groups in total. The van der Waals surface area contributed by atoms with Crippen LogP contribution < -0.4 is 10.6 Å². The highest BCUT2D eigenvalue weighted by Crippen LogP contribution is 2.21. The van der Waals surface area contributed by atoms with E-state index < -0.39 is 5.91 Å². The molecule has 2 aromatic rings. The predicted octanol–water partition coefficient (Wildman–Crippen LogP) is 3.34. The van der Waals surface area contributed by atoms with Gasteiger partial charge in [-0.05, 0) is 30.2 Å². The number of carbonyl (C=O) groups excluding carboxylic acids is 2. The summed E-state index contributed by atoms with van der Waals surface area (Å²) in [5.74, 6) is -0.845. The summed E-state index contributed by atoms with van der Waals surface area (Å²) in [4.78, 5) is 27.5. The average Bonchev–Trinajstić information content (AvgIpc) is 2.49. The third-order valence-corrected chi connectivity index (χ3v) is 3.65. The van der Waals surface area contributed by atoms with Crippen molar-refractivity contribution in [1.82, 2.24) is 10.3 Å². The summed E-state index contributed by atoms with van der Waals surface area (Å²) in [6.07, 6.45) is -0.301. The maximum absolute atomic E-state index is 11.8. The van der Waals surface area contributed by atoms with Crippen molar-refractivity contribution in [2.24, 2.45) is 0 Å². The number of aryl methyl sites for hydroxylation is 1. The summed E-state index contributed by atoms with van der Waals surface area (Å²) >= 11 is 11.5. The fourth-order valence-corrected chi connectivity index (χ4v) is 2.30. The van der Waals surface area contributed by atoms with Crippen molar-refractivity contribution in [2.45, 2.75) is 19.9 Å². The molecule has 1 aromatic heterocycles. The molecule has 0 radical (unpaired) electrons. The van der Waals surface area contributed by atoms with Gasteiger partial charge in [-0.2, -0.15) is 0 Å². The fraction of sp³-hybridized carbons (Fsp3) is 0.188. The number of halogens is 2. The summed E-state index contributed by atoms with van der Waals surface area (Å²) in [5, 5.41) is 5.54. The lowest BCUT2D eigenvalue weighted by Gasteiger charge is -2.09. The van der Waals surface area contributed by atoms with Crippen LogP contribution in [-0.4, -0.2) is 16.8 Å². The minimum Gasteiger partial charge on any atom is -0.352 e. The molecule has 0 aliphatic rings. The molecule has 7 heteroatoms. The molecule has 2 rings (SSSR count). The Morgan fingerprint density at radius 1 is 1.09 bits per heavy atom. The molecule has 5 nitrogen and oxygen atoms in total. The predicted molar refractivity (Wildman–Crippen MR) is 90.5 cm³/mol. The molecule has 23 heavy (non-hydrogen) atoms. The van der Waals surface area contributed by atoms with Gasteiger partial charge in [0.25, 0.3) is 0 Å². The Hall–Kier alpha value is -2.11. The van der Waals surface area contributed by atoms with Gasteiger partial charge in [0.05, 0.1) is 5.69 Å². The molecule has 0 aliphatic carbocycles. The van der Waals surface area contributed by atoms with Crippen LogP contribution >= 0.6 is 23.2 Å². The van der Waals surface area contributed by atoms with Crippen LogP contribution in [0.15, 0.2) is 36.4 Å². The maximum Gasteiger partial charge on any atom is 0.233 e. The van der Waals surface area contributed by atoms with Crippen LogP contribution in [0.3, 0.4) is 0 Å². The Labute approximate surface area is 144 Å². The molecule has 0 atom stereocenters. The first-order valence-corrected chi connectivity index (χ1v) is 7.64. The van der Waals surface area contributed by atoms with E-state index in [0.29, 0.717) is 12.2 Å². The van der Waals surface area contributed by atoms with Gasteiger partial charge in [-0.1, -0.05) is 47.5 Å². The van der Waals surface area contributed by atoms with E-state index in [2.05, 4.69) is 15.6 Å². The van der Waals surface area contributed by atoms with E-state index in [1.54, 1.807) is 0 Å². The normalized spacial score (nSPS) is 10.2. The van der Waals surface area contributed by atoms with Crippen molar-refractivity contribution in [3.05, 3.63) is 57.8 Å². The first-order valence-electron chi connectivity index (χ1n) is 6.89. The number of amides is 2. The summed E-state index contributed by atoms with van der Waals surface area (Å²) in [5.41, 5.74) is 2.40. The van der Waals surface area contributed by atoms with Gasteiger partial charge < -0.3 is 10.6 Å². The fourth-order valence-electron chi connectivity index (χ4n) is 1.91. The number of nitrogens with one attached hydrogen (secondary N) is 2. The Morgan fingerprint density at radius 2 is 1.83 bits per heavy atom. The second kappa shape index (κ2) is 7.94. The Kier molecular flexibility index (Phi) is 5.96. The molecule has 0 spiro atoms. The lowest BCUT2D eigenvalue weighted by Crippen LogP contribution is -2.28. The van der Waals surface area contributed by atoms with Gasteiger partial charge in [0.15, 0.2) is 5.15 Å². The van der Waals surface area contributed by atoms with Crippen molar-refractivity contribution < 1.29 is 9.59 Å². The lowest BCUT2D eigenvalue weighted by atomic mass is 10.1. The number of benzene rings is 1. The van der Waals surface area contributed by atoms with E-state index in [1.165, 1.54) is 12.1 Å². The van der Waals surface area contributed by atoms with Crippen LogP contribution in [-0.2, 0) is 16.1 Å². The van der Waals surface area contributed by atoms with Gasteiger partial charge >= 0.3 is 0 Å². The number of rotatable bonds is 5. The van der Waals surface area contributed by atoms with Crippen molar-refractivity contribution in [3.8, 4) is 0 Å². The van der Waals surface area contributed by atoms with Gasteiger partial charge in [0.2, 0.25) is 11.8 Å². The van der Waals surface area contributed by atoms with Crippen LogP contribution in [0, 0.1) is 6.92 Å². The average molecular weight is 352 g/mol. The van der Waals surface area contributed by atoms with E-state index in [-0.39, 0.29) is 22.6 Å². The second-order valence-electron chi connectivity index (χ2n) is 4.90.